The van der Waals surface area contributed by atoms with E-state index in [-0.39, 0.29) is 17.9 Å². The second-order valence-corrected chi connectivity index (χ2v) is 7.94. The van der Waals surface area contributed by atoms with E-state index in [1.165, 1.54) is 0 Å². The Morgan fingerprint density at radius 2 is 1.90 bits per heavy atom. The number of aryl methyl sites for hydroxylation is 1. The third-order valence-corrected chi connectivity index (χ3v) is 5.77. The molecule has 31 heavy (non-hydrogen) atoms. The zero-order chi connectivity index (χ0) is 22.0. The molecule has 3 aromatic rings. The van der Waals surface area contributed by atoms with Crippen LogP contribution in [0.25, 0.3) is 5.69 Å². The zero-order valence-corrected chi connectivity index (χ0v) is 18.2. The van der Waals surface area contributed by atoms with Gasteiger partial charge in [-0.1, -0.05) is 11.6 Å². The minimum absolute atomic E-state index is 0.0124. The number of hydrogen-bond donors (Lipinski definition) is 1. The molecule has 1 aliphatic heterocycles. The summed E-state index contributed by atoms with van der Waals surface area (Å²) in [6.45, 7) is 1.08. The molecule has 2 aromatic heterocycles. The molecule has 1 aromatic carbocycles. The molecule has 0 aliphatic carbocycles. The van der Waals surface area contributed by atoms with Crippen molar-refractivity contribution in [3.8, 4) is 11.4 Å². The standard InChI is InChI=1S/C22H24ClN5O3/c1-26-14-15(13-24-26)21(29)25-16-5-9-28(10-6-16)22(30)17-11-18(23)19(12-20(17)31-2)27-7-3-4-8-27/h3-4,7-8,11-14,16H,5-6,9-10H2,1-2H3,(H,25,29). The molecule has 0 saturated carbocycles. The van der Waals surface area contributed by atoms with Crippen LogP contribution in [0.15, 0.2) is 49.1 Å². The number of nitrogens with zero attached hydrogens (tertiary/aromatic N) is 4. The summed E-state index contributed by atoms with van der Waals surface area (Å²) < 4.78 is 8.96. The Labute approximate surface area is 185 Å². The van der Waals surface area contributed by atoms with Crippen LogP contribution < -0.4 is 10.1 Å². The first-order chi connectivity index (χ1) is 15.0. The van der Waals surface area contributed by atoms with Crippen LogP contribution in [0.1, 0.15) is 33.6 Å². The lowest BCUT2D eigenvalue weighted by atomic mass is 10.0. The average molecular weight is 442 g/mol. The summed E-state index contributed by atoms with van der Waals surface area (Å²) in [5, 5.41) is 7.52. The van der Waals surface area contributed by atoms with Gasteiger partial charge >= 0.3 is 0 Å². The Bertz CT molecular complexity index is 1080. The number of carbonyl (C=O) groups is 2. The van der Waals surface area contributed by atoms with Crippen LogP contribution in [0.4, 0.5) is 0 Å². The maximum absolute atomic E-state index is 13.2. The summed E-state index contributed by atoms with van der Waals surface area (Å²) in [6.07, 6.45) is 8.34. The quantitative estimate of drug-likeness (QED) is 0.660. The molecular formula is C22H24ClN5O3. The summed E-state index contributed by atoms with van der Waals surface area (Å²) in [6, 6.07) is 7.25. The molecule has 2 amide bonds. The van der Waals surface area contributed by atoms with Gasteiger partial charge in [-0.25, -0.2) is 0 Å². The van der Waals surface area contributed by atoms with E-state index in [1.807, 2.05) is 29.1 Å². The summed E-state index contributed by atoms with van der Waals surface area (Å²) >= 11 is 6.47. The summed E-state index contributed by atoms with van der Waals surface area (Å²) in [5.41, 5.74) is 1.71. The van der Waals surface area contributed by atoms with Crippen LogP contribution >= 0.6 is 11.6 Å². The van der Waals surface area contributed by atoms with Crippen LogP contribution in [-0.2, 0) is 7.05 Å². The Balaban J connectivity index is 1.42. The number of methoxy groups -OCH3 is 1. The van der Waals surface area contributed by atoms with Crippen LogP contribution in [-0.4, -0.2) is 57.3 Å². The van der Waals surface area contributed by atoms with Gasteiger partial charge in [0.1, 0.15) is 5.75 Å². The summed E-state index contributed by atoms with van der Waals surface area (Å²) in [5.74, 6) is 0.201. The van der Waals surface area contributed by atoms with Crippen molar-refractivity contribution in [1.29, 1.82) is 0 Å². The fourth-order valence-electron chi connectivity index (χ4n) is 3.78. The SMILES string of the molecule is COc1cc(-n2cccc2)c(Cl)cc1C(=O)N1CCC(NC(=O)c2cnn(C)c2)CC1. The second-order valence-electron chi connectivity index (χ2n) is 7.54. The maximum Gasteiger partial charge on any atom is 0.257 e. The number of halogens is 1. The third-order valence-electron chi connectivity index (χ3n) is 5.47. The lowest BCUT2D eigenvalue weighted by molar-refractivity contribution is 0.0695. The van der Waals surface area contributed by atoms with Crippen LogP contribution in [0.3, 0.4) is 0 Å². The van der Waals surface area contributed by atoms with Crippen LogP contribution in [0, 0.1) is 0 Å². The van der Waals surface area contributed by atoms with Crippen molar-refractivity contribution in [3.05, 3.63) is 65.2 Å². The van der Waals surface area contributed by atoms with Crippen molar-refractivity contribution in [1.82, 2.24) is 24.6 Å². The number of aromatic nitrogens is 3. The Kier molecular flexibility index (Phi) is 5.99. The van der Waals surface area contributed by atoms with E-state index in [2.05, 4.69) is 10.4 Å². The highest BCUT2D eigenvalue weighted by atomic mass is 35.5. The molecule has 4 rings (SSSR count). The average Bonchev–Trinajstić information content (AvgIpc) is 3.45. The lowest BCUT2D eigenvalue weighted by Gasteiger charge is -2.32. The minimum Gasteiger partial charge on any atom is -0.496 e. The highest BCUT2D eigenvalue weighted by Gasteiger charge is 2.27. The van der Waals surface area contributed by atoms with Gasteiger partial charge in [0, 0.05) is 50.8 Å². The van der Waals surface area contributed by atoms with E-state index in [0.717, 1.165) is 5.69 Å². The van der Waals surface area contributed by atoms with E-state index < -0.39 is 0 Å². The Hall–Kier alpha value is -3.26. The number of piperidine rings is 1. The second kappa shape index (κ2) is 8.85. The lowest BCUT2D eigenvalue weighted by Crippen LogP contribution is -2.46. The topological polar surface area (TPSA) is 81.4 Å². The summed E-state index contributed by atoms with van der Waals surface area (Å²) in [4.78, 5) is 27.3. The summed E-state index contributed by atoms with van der Waals surface area (Å²) in [7, 11) is 3.31. The van der Waals surface area contributed by atoms with Crippen LogP contribution in [0.5, 0.6) is 5.75 Å². The van der Waals surface area contributed by atoms with E-state index in [4.69, 9.17) is 16.3 Å². The molecule has 1 aliphatic rings. The minimum atomic E-state index is -0.146. The highest BCUT2D eigenvalue weighted by Crippen LogP contribution is 2.31. The third kappa shape index (κ3) is 4.44. The molecule has 0 bridgehead atoms. The van der Waals surface area contributed by atoms with Gasteiger partial charge in [0.25, 0.3) is 11.8 Å². The maximum atomic E-state index is 13.2. The van der Waals surface area contributed by atoms with Crippen molar-refractivity contribution < 1.29 is 14.3 Å². The molecule has 0 radical (unpaired) electrons. The number of ether oxygens (including phenoxy) is 1. The van der Waals surface area contributed by atoms with E-state index >= 15 is 0 Å². The van der Waals surface area contributed by atoms with Gasteiger partial charge in [-0.15, -0.1) is 0 Å². The normalized spacial score (nSPS) is 14.5. The molecule has 1 saturated heterocycles. The smallest absolute Gasteiger partial charge is 0.257 e. The predicted octanol–water partition coefficient (Wildman–Crippen LogP) is 2.91. The molecule has 1 N–H and O–H groups in total. The van der Waals surface area contributed by atoms with Gasteiger partial charge in [-0.2, -0.15) is 5.10 Å². The van der Waals surface area contributed by atoms with Gasteiger partial charge in [-0.05, 0) is 31.0 Å². The molecule has 8 nitrogen and oxygen atoms in total. The van der Waals surface area contributed by atoms with Crippen molar-refractivity contribution in [2.75, 3.05) is 20.2 Å². The van der Waals surface area contributed by atoms with Gasteiger partial charge < -0.3 is 19.5 Å². The molecule has 0 spiro atoms. The molecule has 9 heteroatoms. The van der Waals surface area contributed by atoms with Gasteiger partial charge in [0.15, 0.2) is 0 Å². The number of rotatable bonds is 5. The number of nitrogens with one attached hydrogen (secondary N) is 1. The number of carbonyl (C=O) groups excluding carboxylic acids is 2. The number of hydrogen-bond acceptors (Lipinski definition) is 4. The first kappa shape index (κ1) is 21.0. The van der Waals surface area contributed by atoms with Gasteiger partial charge in [0.05, 0.1) is 35.1 Å². The molecule has 0 atom stereocenters. The highest BCUT2D eigenvalue weighted by molar-refractivity contribution is 6.33. The van der Waals surface area contributed by atoms with Crippen molar-refractivity contribution in [2.45, 2.75) is 18.9 Å². The fourth-order valence-corrected chi connectivity index (χ4v) is 4.04. The van der Waals surface area contributed by atoms with E-state index in [1.54, 1.807) is 48.3 Å². The Morgan fingerprint density at radius 3 is 2.52 bits per heavy atom. The van der Waals surface area contributed by atoms with Gasteiger partial charge in [0.2, 0.25) is 0 Å². The Morgan fingerprint density at radius 1 is 1.19 bits per heavy atom. The molecule has 0 unspecified atom stereocenters. The largest absolute Gasteiger partial charge is 0.496 e. The number of benzene rings is 1. The van der Waals surface area contributed by atoms with Crippen molar-refractivity contribution >= 4 is 23.4 Å². The van der Waals surface area contributed by atoms with E-state index in [0.29, 0.717) is 47.8 Å². The fraction of sp³-hybridized carbons (Fsp3) is 0.318. The zero-order valence-electron chi connectivity index (χ0n) is 17.4. The number of amides is 2. The first-order valence-electron chi connectivity index (χ1n) is 10.1. The van der Waals surface area contributed by atoms with Gasteiger partial charge in [-0.3, -0.25) is 14.3 Å². The monoisotopic (exact) mass is 441 g/mol. The first-order valence-corrected chi connectivity index (χ1v) is 10.4. The predicted molar refractivity (Wildman–Crippen MR) is 117 cm³/mol. The molecule has 3 heterocycles. The molecule has 1 fully saturated rings. The van der Waals surface area contributed by atoms with E-state index in [9.17, 15) is 9.59 Å². The van der Waals surface area contributed by atoms with Crippen molar-refractivity contribution in [2.24, 2.45) is 7.05 Å². The van der Waals surface area contributed by atoms with Crippen molar-refractivity contribution in [3.63, 3.8) is 0 Å². The number of likely N-dealkylation sites (tertiary alicyclic amines) is 1. The van der Waals surface area contributed by atoms with Crippen LogP contribution in [0.2, 0.25) is 5.02 Å². The molecular weight excluding hydrogens is 418 g/mol. The molecule has 162 valence electrons.